The van der Waals surface area contributed by atoms with Crippen LogP contribution in [0.4, 0.5) is 0 Å². The van der Waals surface area contributed by atoms with Gasteiger partial charge < -0.3 is 5.11 Å². The molecular formula is C10H18OS. The van der Waals surface area contributed by atoms with Gasteiger partial charge in [-0.2, -0.15) is 0 Å². The molecule has 0 aromatic carbocycles. The van der Waals surface area contributed by atoms with Crippen molar-refractivity contribution in [2.75, 3.05) is 0 Å². The van der Waals surface area contributed by atoms with Gasteiger partial charge in [0, 0.05) is 4.88 Å². The zero-order valence-corrected chi connectivity index (χ0v) is 9.33. The Balaban J connectivity index is 0.000000561. The van der Waals surface area contributed by atoms with Gasteiger partial charge in [-0.3, -0.25) is 0 Å². The van der Waals surface area contributed by atoms with Crippen molar-refractivity contribution in [2.45, 2.75) is 40.2 Å². The molecule has 1 N–H and O–H groups in total. The van der Waals surface area contributed by atoms with Crippen LogP contribution in [0.25, 0.3) is 0 Å². The van der Waals surface area contributed by atoms with E-state index >= 15 is 0 Å². The number of hydrogen-bond donors (Lipinski definition) is 1. The topological polar surface area (TPSA) is 20.2 Å². The van der Waals surface area contributed by atoms with E-state index in [0.717, 1.165) is 4.88 Å². The van der Waals surface area contributed by atoms with E-state index in [9.17, 15) is 5.11 Å². The zero-order valence-electron chi connectivity index (χ0n) is 8.51. The van der Waals surface area contributed by atoms with Crippen LogP contribution >= 0.6 is 11.3 Å². The van der Waals surface area contributed by atoms with Crippen LogP contribution < -0.4 is 0 Å². The third-order valence-electron chi connectivity index (χ3n) is 1.42. The fraction of sp³-hybridized carbons (Fsp3) is 0.600. The van der Waals surface area contributed by atoms with Crippen molar-refractivity contribution in [1.82, 2.24) is 0 Å². The molecule has 0 radical (unpaired) electrons. The molecule has 12 heavy (non-hydrogen) atoms. The van der Waals surface area contributed by atoms with Gasteiger partial charge in [-0.15, -0.1) is 11.3 Å². The Morgan fingerprint density at radius 3 is 2.00 bits per heavy atom. The van der Waals surface area contributed by atoms with Crippen molar-refractivity contribution in [1.29, 1.82) is 0 Å². The van der Waals surface area contributed by atoms with E-state index in [2.05, 4.69) is 0 Å². The van der Waals surface area contributed by atoms with Crippen molar-refractivity contribution >= 4 is 11.3 Å². The third-order valence-corrected chi connectivity index (χ3v) is 2.75. The Kier molecular flexibility index (Phi) is 4.50. The highest BCUT2D eigenvalue weighted by atomic mass is 32.1. The van der Waals surface area contributed by atoms with Crippen LogP contribution in [0.3, 0.4) is 0 Å². The lowest BCUT2D eigenvalue weighted by atomic mass is 10.1. The van der Waals surface area contributed by atoms with Gasteiger partial charge in [-0.05, 0) is 37.8 Å². The first kappa shape index (κ1) is 11.7. The number of aryl methyl sites for hydroxylation is 1. The summed E-state index contributed by atoms with van der Waals surface area (Å²) >= 11 is 1.61. The number of rotatable bonds is 1. The van der Waals surface area contributed by atoms with Crippen molar-refractivity contribution in [3.05, 3.63) is 21.9 Å². The normalized spacial score (nSPS) is 10.5. The minimum absolute atomic E-state index is 0.668. The lowest BCUT2D eigenvalue weighted by molar-refractivity contribution is 0.0819. The summed E-state index contributed by atoms with van der Waals surface area (Å²) in [6.07, 6.45) is 0. The van der Waals surface area contributed by atoms with Crippen molar-refractivity contribution in [3.63, 3.8) is 0 Å². The van der Waals surface area contributed by atoms with Crippen LogP contribution in [-0.2, 0) is 5.60 Å². The second-order valence-corrected chi connectivity index (χ2v) is 3.91. The average molecular weight is 186 g/mol. The maximum atomic E-state index is 9.57. The summed E-state index contributed by atoms with van der Waals surface area (Å²) < 4.78 is 0. The summed E-state index contributed by atoms with van der Waals surface area (Å²) in [5.74, 6) is 0. The van der Waals surface area contributed by atoms with E-state index in [4.69, 9.17) is 0 Å². The first-order chi connectivity index (χ1) is 5.52. The van der Waals surface area contributed by atoms with Crippen molar-refractivity contribution < 1.29 is 5.11 Å². The monoisotopic (exact) mass is 186 g/mol. The Hall–Kier alpha value is -0.340. The Labute approximate surface area is 79.1 Å². The molecule has 1 nitrogen and oxygen atoms in total. The van der Waals surface area contributed by atoms with Gasteiger partial charge in [0.15, 0.2) is 0 Å². The molecule has 1 aromatic heterocycles. The SMILES string of the molecule is CC.Cc1ccsc1C(C)(C)O. The molecule has 1 aromatic rings. The van der Waals surface area contributed by atoms with Gasteiger partial charge in [0.1, 0.15) is 0 Å². The first-order valence-electron chi connectivity index (χ1n) is 4.29. The summed E-state index contributed by atoms with van der Waals surface area (Å²) in [5.41, 5.74) is 0.510. The predicted octanol–water partition coefficient (Wildman–Crippen LogP) is 3.31. The molecule has 0 spiro atoms. The van der Waals surface area contributed by atoms with E-state index in [0.29, 0.717) is 0 Å². The second-order valence-electron chi connectivity index (χ2n) is 2.99. The quantitative estimate of drug-likeness (QED) is 0.713. The van der Waals surface area contributed by atoms with Gasteiger partial charge in [0.05, 0.1) is 5.60 Å². The van der Waals surface area contributed by atoms with Gasteiger partial charge in [0.2, 0.25) is 0 Å². The predicted molar refractivity (Wildman–Crippen MR) is 55.6 cm³/mol. The maximum Gasteiger partial charge on any atom is 0.0934 e. The van der Waals surface area contributed by atoms with E-state index in [1.54, 1.807) is 11.3 Å². The summed E-state index contributed by atoms with van der Waals surface area (Å²) in [6.45, 7) is 9.64. The molecule has 1 heterocycles. The molecule has 0 aliphatic heterocycles. The molecule has 0 saturated heterocycles. The van der Waals surface area contributed by atoms with Crippen LogP contribution in [0.5, 0.6) is 0 Å². The lowest BCUT2D eigenvalue weighted by Gasteiger charge is -2.15. The molecule has 0 fully saturated rings. The highest BCUT2D eigenvalue weighted by Gasteiger charge is 2.18. The van der Waals surface area contributed by atoms with E-state index in [1.165, 1.54) is 5.56 Å². The fourth-order valence-corrected chi connectivity index (χ4v) is 1.95. The molecule has 1 rings (SSSR count). The van der Waals surface area contributed by atoms with E-state index in [1.807, 2.05) is 46.1 Å². The standard InChI is InChI=1S/C8H12OS.C2H6/c1-6-4-5-10-7(6)8(2,3)9;1-2/h4-5,9H,1-3H3;1-2H3. The molecule has 0 bridgehead atoms. The fourth-order valence-electron chi connectivity index (χ4n) is 0.999. The molecule has 0 atom stereocenters. The summed E-state index contributed by atoms with van der Waals surface area (Å²) in [5, 5.41) is 11.6. The summed E-state index contributed by atoms with van der Waals surface area (Å²) in [4.78, 5) is 1.06. The average Bonchev–Trinajstić information content (AvgIpc) is 2.38. The minimum Gasteiger partial charge on any atom is -0.385 e. The van der Waals surface area contributed by atoms with Gasteiger partial charge in [0.25, 0.3) is 0 Å². The highest BCUT2D eigenvalue weighted by molar-refractivity contribution is 7.10. The van der Waals surface area contributed by atoms with Crippen molar-refractivity contribution in [2.24, 2.45) is 0 Å². The summed E-state index contributed by atoms with van der Waals surface area (Å²) in [6, 6.07) is 2.03. The molecule has 0 aliphatic carbocycles. The van der Waals surface area contributed by atoms with E-state index in [-0.39, 0.29) is 0 Å². The van der Waals surface area contributed by atoms with Crippen LogP contribution in [0, 0.1) is 6.92 Å². The lowest BCUT2D eigenvalue weighted by Crippen LogP contribution is -2.14. The molecular weight excluding hydrogens is 168 g/mol. The number of hydrogen-bond acceptors (Lipinski definition) is 2. The third kappa shape index (κ3) is 2.95. The van der Waals surface area contributed by atoms with Crippen LogP contribution in [0.2, 0.25) is 0 Å². The summed E-state index contributed by atoms with van der Waals surface area (Å²) in [7, 11) is 0. The first-order valence-corrected chi connectivity index (χ1v) is 5.17. The Bertz CT molecular complexity index is 220. The molecule has 0 unspecified atom stereocenters. The molecule has 0 amide bonds. The van der Waals surface area contributed by atoms with Gasteiger partial charge in [-0.1, -0.05) is 13.8 Å². The van der Waals surface area contributed by atoms with Gasteiger partial charge in [-0.25, -0.2) is 0 Å². The molecule has 0 aliphatic rings. The van der Waals surface area contributed by atoms with Crippen LogP contribution in [0.1, 0.15) is 38.1 Å². The Morgan fingerprint density at radius 1 is 1.33 bits per heavy atom. The number of thiophene rings is 1. The van der Waals surface area contributed by atoms with Crippen LogP contribution in [0.15, 0.2) is 11.4 Å². The zero-order chi connectivity index (χ0) is 9.78. The number of aliphatic hydroxyl groups is 1. The van der Waals surface area contributed by atoms with E-state index < -0.39 is 5.60 Å². The molecule has 2 heteroatoms. The van der Waals surface area contributed by atoms with Gasteiger partial charge >= 0.3 is 0 Å². The smallest absolute Gasteiger partial charge is 0.0934 e. The maximum absolute atomic E-state index is 9.57. The minimum atomic E-state index is -0.668. The highest BCUT2D eigenvalue weighted by Crippen LogP contribution is 2.27. The Morgan fingerprint density at radius 2 is 1.83 bits per heavy atom. The molecule has 0 saturated carbocycles. The largest absolute Gasteiger partial charge is 0.385 e. The van der Waals surface area contributed by atoms with Crippen molar-refractivity contribution in [3.8, 4) is 0 Å². The molecule has 70 valence electrons. The second kappa shape index (κ2) is 4.63. The van der Waals surface area contributed by atoms with Crippen LogP contribution in [-0.4, -0.2) is 5.11 Å².